The van der Waals surface area contributed by atoms with Gasteiger partial charge in [0.25, 0.3) is 5.91 Å². The molecule has 2 amide bonds. The number of hydrogen-bond acceptors (Lipinski definition) is 4. The zero-order valence-electron chi connectivity index (χ0n) is 16.1. The van der Waals surface area contributed by atoms with E-state index in [1.54, 1.807) is 36.4 Å². The van der Waals surface area contributed by atoms with Crippen LogP contribution in [0.5, 0.6) is 11.5 Å². The van der Waals surface area contributed by atoms with E-state index in [0.29, 0.717) is 41.0 Å². The number of halogens is 1. The third-order valence-electron chi connectivity index (χ3n) is 3.94. The minimum absolute atomic E-state index is 0.141. The van der Waals surface area contributed by atoms with Gasteiger partial charge in [0.05, 0.1) is 11.4 Å². The summed E-state index contributed by atoms with van der Waals surface area (Å²) in [7, 11) is 0. The summed E-state index contributed by atoms with van der Waals surface area (Å²) in [5, 5.41) is 6.14. The zero-order valence-corrected chi connectivity index (χ0v) is 16.9. The van der Waals surface area contributed by atoms with E-state index in [0.717, 1.165) is 5.56 Å². The minimum atomic E-state index is -0.311. The maximum Gasteiger partial charge on any atom is 0.251 e. The van der Waals surface area contributed by atoms with E-state index >= 15 is 0 Å². The molecule has 1 aliphatic rings. The van der Waals surface area contributed by atoms with Gasteiger partial charge >= 0.3 is 0 Å². The molecule has 28 heavy (non-hydrogen) atoms. The van der Waals surface area contributed by atoms with Crippen LogP contribution in [0.2, 0.25) is 5.02 Å². The van der Waals surface area contributed by atoms with E-state index in [9.17, 15) is 9.59 Å². The monoisotopic (exact) mass is 402 g/mol. The van der Waals surface area contributed by atoms with Crippen LogP contribution in [0.3, 0.4) is 0 Å². The predicted molar refractivity (Wildman–Crippen MR) is 108 cm³/mol. The fraction of sp³-hybridized carbons (Fsp3) is 0.333. The summed E-state index contributed by atoms with van der Waals surface area (Å²) in [5.41, 5.74) is 1.56. The Labute approximate surface area is 169 Å². The SMILES string of the molecule is CC(C)(C)NC(=O)c1ccc(NC(=O)Cc2cc(Cl)c3c(c2)OCCO3)cc1. The molecule has 0 spiro atoms. The number of nitrogens with one attached hydrogen (secondary N) is 2. The summed E-state index contributed by atoms with van der Waals surface area (Å²) in [6, 6.07) is 10.2. The summed E-state index contributed by atoms with van der Waals surface area (Å²) in [6.07, 6.45) is 0.141. The fourth-order valence-electron chi connectivity index (χ4n) is 2.77. The average molecular weight is 403 g/mol. The van der Waals surface area contributed by atoms with Gasteiger partial charge in [-0.2, -0.15) is 0 Å². The van der Waals surface area contributed by atoms with Crippen molar-refractivity contribution in [3.8, 4) is 11.5 Å². The Kier molecular flexibility index (Phi) is 5.79. The molecule has 7 heteroatoms. The molecule has 0 aromatic heterocycles. The van der Waals surface area contributed by atoms with Crippen LogP contribution in [0.4, 0.5) is 5.69 Å². The first kappa shape index (κ1) is 20.0. The van der Waals surface area contributed by atoms with Crippen molar-refractivity contribution in [1.29, 1.82) is 0 Å². The molecule has 0 radical (unpaired) electrons. The minimum Gasteiger partial charge on any atom is -0.486 e. The molecule has 3 rings (SSSR count). The van der Waals surface area contributed by atoms with Crippen LogP contribution in [-0.2, 0) is 11.2 Å². The van der Waals surface area contributed by atoms with E-state index in [2.05, 4.69) is 10.6 Å². The van der Waals surface area contributed by atoms with Gasteiger partial charge in [0, 0.05) is 16.8 Å². The molecular formula is C21H23ClN2O4. The second-order valence-corrected chi connectivity index (χ2v) is 8.02. The highest BCUT2D eigenvalue weighted by Gasteiger charge is 2.18. The van der Waals surface area contributed by atoms with Crippen molar-refractivity contribution in [3.05, 3.63) is 52.5 Å². The Morgan fingerprint density at radius 2 is 1.75 bits per heavy atom. The van der Waals surface area contributed by atoms with Crippen molar-refractivity contribution in [2.45, 2.75) is 32.7 Å². The smallest absolute Gasteiger partial charge is 0.251 e. The highest BCUT2D eigenvalue weighted by atomic mass is 35.5. The van der Waals surface area contributed by atoms with Crippen LogP contribution >= 0.6 is 11.6 Å². The Bertz CT molecular complexity index is 889. The lowest BCUT2D eigenvalue weighted by Gasteiger charge is -2.20. The molecule has 0 saturated carbocycles. The lowest BCUT2D eigenvalue weighted by Crippen LogP contribution is -2.40. The van der Waals surface area contributed by atoms with E-state index in [1.807, 2.05) is 20.8 Å². The molecule has 0 fully saturated rings. The second-order valence-electron chi connectivity index (χ2n) is 7.61. The van der Waals surface area contributed by atoms with Gasteiger partial charge in [-0.3, -0.25) is 9.59 Å². The zero-order chi connectivity index (χ0) is 20.3. The lowest BCUT2D eigenvalue weighted by molar-refractivity contribution is -0.115. The van der Waals surface area contributed by atoms with Gasteiger partial charge in [-0.1, -0.05) is 11.6 Å². The summed E-state index contributed by atoms with van der Waals surface area (Å²) >= 11 is 6.21. The van der Waals surface area contributed by atoms with Crippen molar-refractivity contribution >= 4 is 29.1 Å². The van der Waals surface area contributed by atoms with Crippen molar-refractivity contribution in [2.75, 3.05) is 18.5 Å². The molecular weight excluding hydrogens is 380 g/mol. The van der Waals surface area contributed by atoms with E-state index in [4.69, 9.17) is 21.1 Å². The first-order chi connectivity index (χ1) is 13.2. The van der Waals surface area contributed by atoms with Crippen molar-refractivity contribution in [2.24, 2.45) is 0 Å². The van der Waals surface area contributed by atoms with Gasteiger partial charge in [-0.15, -0.1) is 0 Å². The number of amides is 2. The van der Waals surface area contributed by atoms with Gasteiger partial charge in [0.2, 0.25) is 5.91 Å². The molecule has 2 aromatic carbocycles. The standard InChI is InChI=1S/C21H23ClN2O4/c1-21(2,3)24-20(26)14-4-6-15(7-5-14)23-18(25)12-13-10-16(22)19-17(11-13)27-8-9-28-19/h4-7,10-11H,8-9,12H2,1-3H3,(H,23,25)(H,24,26). The largest absolute Gasteiger partial charge is 0.486 e. The topological polar surface area (TPSA) is 76.7 Å². The molecule has 0 atom stereocenters. The number of hydrogen-bond donors (Lipinski definition) is 2. The van der Waals surface area contributed by atoms with Gasteiger partial charge in [-0.25, -0.2) is 0 Å². The van der Waals surface area contributed by atoms with Crippen LogP contribution in [-0.4, -0.2) is 30.6 Å². The van der Waals surface area contributed by atoms with Crippen LogP contribution in [0.1, 0.15) is 36.7 Å². The highest BCUT2D eigenvalue weighted by Crippen LogP contribution is 2.38. The maximum atomic E-state index is 12.4. The second kappa shape index (κ2) is 8.10. The summed E-state index contributed by atoms with van der Waals surface area (Å²) < 4.78 is 11.0. The Morgan fingerprint density at radius 3 is 2.43 bits per heavy atom. The Morgan fingerprint density at radius 1 is 1.07 bits per heavy atom. The van der Waals surface area contributed by atoms with Crippen LogP contribution in [0.25, 0.3) is 0 Å². The molecule has 1 heterocycles. The summed E-state index contributed by atoms with van der Waals surface area (Å²) in [6.45, 7) is 6.67. The molecule has 1 aliphatic heterocycles. The van der Waals surface area contributed by atoms with Gasteiger partial charge in [-0.05, 0) is 62.7 Å². The molecule has 0 bridgehead atoms. The number of carbonyl (C=O) groups excluding carboxylic acids is 2. The summed E-state index contributed by atoms with van der Waals surface area (Å²) in [4.78, 5) is 24.5. The Hall–Kier alpha value is -2.73. The lowest BCUT2D eigenvalue weighted by atomic mass is 10.1. The fourth-order valence-corrected chi connectivity index (χ4v) is 3.06. The number of fused-ring (bicyclic) bond motifs is 1. The molecule has 0 saturated heterocycles. The van der Waals surface area contributed by atoms with Crippen molar-refractivity contribution in [1.82, 2.24) is 5.32 Å². The maximum absolute atomic E-state index is 12.4. The molecule has 0 unspecified atom stereocenters. The van der Waals surface area contributed by atoms with Crippen molar-refractivity contribution < 1.29 is 19.1 Å². The number of ether oxygens (including phenoxy) is 2. The number of rotatable bonds is 4. The van der Waals surface area contributed by atoms with Gasteiger partial charge in [0.15, 0.2) is 11.5 Å². The normalized spacial score (nSPS) is 13.0. The molecule has 2 N–H and O–H groups in total. The molecule has 2 aromatic rings. The molecule has 148 valence electrons. The van der Waals surface area contributed by atoms with Gasteiger partial charge < -0.3 is 20.1 Å². The molecule has 6 nitrogen and oxygen atoms in total. The number of carbonyl (C=O) groups is 2. The van der Waals surface area contributed by atoms with E-state index in [1.165, 1.54) is 0 Å². The van der Waals surface area contributed by atoms with Gasteiger partial charge in [0.1, 0.15) is 13.2 Å². The average Bonchev–Trinajstić information content (AvgIpc) is 2.61. The van der Waals surface area contributed by atoms with E-state index < -0.39 is 0 Å². The number of anilines is 1. The quantitative estimate of drug-likeness (QED) is 0.815. The van der Waals surface area contributed by atoms with Crippen molar-refractivity contribution in [3.63, 3.8) is 0 Å². The molecule has 0 aliphatic carbocycles. The summed E-state index contributed by atoms with van der Waals surface area (Å²) in [5.74, 6) is 0.716. The first-order valence-electron chi connectivity index (χ1n) is 9.02. The van der Waals surface area contributed by atoms with Crippen LogP contribution < -0.4 is 20.1 Å². The number of benzene rings is 2. The van der Waals surface area contributed by atoms with Crippen LogP contribution in [0, 0.1) is 0 Å². The van der Waals surface area contributed by atoms with E-state index in [-0.39, 0.29) is 23.8 Å². The van der Waals surface area contributed by atoms with Crippen LogP contribution in [0.15, 0.2) is 36.4 Å². The predicted octanol–water partition coefficient (Wildman–Crippen LogP) is 3.82. The third-order valence-corrected chi connectivity index (χ3v) is 4.22. The first-order valence-corrected chi connectivity index (χ1v) is 9.39. The Balaban J connectivity index is 1.62. The third kappa shape index (κ3) is 5.16. The highest BCUT2D eigenvalue weighted by molar-refractivity contribution is 6.32.